The molecule has 0 aromatic heterocycles. The predicted molar refractivity (Wildman–Crippen MR) is 179 cm³/mol. The molecule has 40 heavy (non-hydrogen) atoms. The molecule has 1 aliphatic heterocycles. The third kappa shape index (κ3) is 11.4. The summed E-state index contributed by atoms with van der Waals surface area (Å²) in [6, 6.07) is 10.3. The lowest BCUT2D eigenvalue weighted by atomic mass is 10.0. The van der Waals surface area contributed by atoms with Gasteiger partial charge in [0, 0.05) is 11.2 Å². The van der Waals surface area contributed by atoms with E-state index in [0.29, 0.717) is 0 Å². The lowest BCUT2D eigenvalue weighted by Crippen LogP contribution is -2.70. The number of hydrazine groups is 2. The topological polar surface area (TPSA) is 42.0 Å². The van der Waals surface area contributed by atoms with Gasteiger partial charge < -0.3 is 5.32 Å². The number of anilines is 1. The zero-order chi connectivity index (χ0) is 29.6. The summed E-state index contributed by atoms with van der Waals surface area (Å²) in [5.41, 5.74) is 0.490. The van der Waals surface area contributed by atoms with Crippen LogP contribution >= 0.6 is 23.5 Å². The van der Waals surface area contributed by atoms with Gasteiger partial charge in [-0.3, -0.25) is 5.21 Å². The van der Waals surface area contributed by atoms with Crippen molar-refractivity contribution in [3.8, 4) is 0 Å². The lowest BCUT2D eigenvalue weighted by Gasteiger charge is -2.58. The van der Waals surface area contributed by atoms with Crippen LogP contribution in [0.4, 0.5) is 5.69 Å². The van der Waals surface area contributed by atoms with Crippen LogP contribution in [0.3, 0.4) is 0 Å². The van der Waals surface area contributed by atoms with Crippen molar-refractivity contribution in [2.75, 3.05) is 16.8 Å². The van der Waals surface area contributed by atoms with E-state index in [1.807, 2.05) is 41.7 Å². The quantitative estimate of drug-likeness (QED) is 0.164. The second kappa shape index (κ2) is 17.9. The maximum Gasteiger partial charge on any atom is 0.163 e. The number of thioether (sulfide) groups is 2. The van der Waals surface area contributed by atoms with Crippen LogP contribution in [0.25, 0.3) is 0 Å². The summed E-state index contributed by atoms with van der Waals surface area (Å²) in [4.78, 5) is 1.23. The van der Waals surface area contributed by atoms with Gasteiger partial charge in [0.2, 0.25) is 0 Å². The summed E-state index contributed by atoms with van der Waals surface area (Å²) in [6.45, 7) is 17.9. The molecule has 0 fully saturated rings. The summed E-state index contributed by atoms with van der Waals surface area (Å²) < 4.78 is 0. The van der Waals surface area contributed by atoms with Crippen molar-refractivity contribution in [1.82, 2.24) is 15.3 Å². The molecule has 0 saturated heterocycles. The van der Waals surface area contributed by atoms with Crippen molar-refractivity contribution >= 4 is 29.2 Å². The largest absolute Gasteiger partial charge is 0.338 e. The molecule has 0 amide bonds. The Morgan fingerprint density at radius 2 is 1.25 bits per heavy atom. The Labute approximate surface area is 255 Å². The molecular weight excluding hydrogens is 533 g/mol. The fourth-order valence-corrected chi connectivity index (χ4v) is 7.95. The van der Waals surface area contributed by atoms with Gasteiger partial charge in [-0.05, 0) is 78.0 Å². The first-order chi connectivity index (χ1) is 19.0. The molecule has 0 spiro atoms. The SMILES string of the molecule is CCCCCCCCSC1=C(Nc2ccccc2)N(O)N(C(C)(C)C)N(C(C)(C)C)C1SCCCCCCCC. The number of rotatable bonds is 18. The van der Waals surface area contributed by atoms with Crippen LogP contribution in [0, 0.1) is 0 Å². The average molecular weight is 593 g/mol. The molecule has 2 N–H and O–H groups in total. The number of benzene rings is 1. The number of hydrogen-bond acceptors (Lipinski definition) is 7. The summed E-state index contributed by atoms with van der Waals surface area (Å²) in [6.07, 6.45) is 15.6. The monoisotopic (exact) mass is 592 g/mol. The van der Waals surface area contributed by atoms with Crippen LogP contribution in [-0.4, -0.2) is 48.5 Å². The minimum absolute atomic E-state index is 0.120. The van der Waals surface area contributed by atoms with Gasteiger partial charge in [0.25, 0.3) is 0 Å². The fourth-order valence-electron chi connectivity index (χ4n) is 5.05. The number of nitrogens with one attached hydrogen (secondary N) is 1. The second-order valence-electron chi connectivity index (χ2n) is 13.1. The Balaban J connectivity index is 2.40. The zero-order valence-corrected chi connectivity index (χ0v) is 28.6. The standard InChI is InChI=1S/C33H60N4OS2/c1-9-11-13-15-17-22-26-39-29-30(34-28-24-20-19-21-25-28)36(38)37(33(6,7)8)35(32(3,4)5)31(29)40-27-23-18-16-14-12-10-2/h19-21,24-25,31,34,38H,9-18,22-23,26-27H2,1-8H3. The van der Waals surface area contributed by atoms with E-state index in [4.69, 9.17) is 0 Å². The van der Waals surface area contributed by atoms with E-state index in [-0.39, 0.29) is 16.5 Å². The van der Waals surface area contributed by atoms with Gasteiger partial charge in [0.1, 0.15) is 5.37 Å². The Morgan fingerprint density at radius 1 is 0.725 bits per heavy atom. The van der Waals surface area contributed by atoms with E-state index < -0.39 is 0 Å². The average Bonchev–Trinajstić information content (AvgIpc) is 2.89. The molecule has 1 atom stereocenters. The highest BCUT2D eigenvalue weighted by Gasteiger charge is 2.49. The van der Waals surface area contributed by atoms with Crippen LogP contribution in [0.2, 0.25) is 0 Å². The maximum absolute atomic E-state index is 11.9. The molecular formula is C33H60N4OS2. The van der Waals surface area contributed by atoms with Gasteiger partial charge in [-0.25, -0.2) is 0 Å². The first-order valence-electron chi connectivity index (χ1n) is 15.9. The first kappa shape index (κ1) is 35.3. The molecule has 1 heterocycles. The number of unbranched alkanes of at least 4 members (excludes halogenated alkanes) is 10. The van der Waals surface area contributed by atoms with Crippen molar-refractivity contribution in [2.45, 2.75) is 149 Å². The second-order valence-corrected chi connectivity index (χ2v) is 15.4. The molecule has 0 bridgehead atoms. The number of nitrogens with zero attached hydrogens (tertiary/aromatic N) is 3. The van der Waals surface area contributed by atoms with Crippen LogP contribution in [0.15, 0.2) is 41.1 Å². The Bertz CT molecular complexity index is 850. The van der Waals surface area contributed by atoms with Crippen molar-refractivity contribution < 1.29 is 5.21 Å². The van der Waals surface area contributed by atoms with Crippen LogP contribution in [-0.2, 0) is 0 Å². The van der Waals surface area contributed by atoms with Gasteiger partial charge in [0.05, 0.1) is 10.4 Å². The highest BCUT2D eigenvalue weighted by Crippen LogP contribution is 2.45. The number of hydrogen-bond donors (Lipinski definition) is 2. The van der Waals surface area contributed by atoms with Gasteiger partial charge in [-0.15, -0.1) is 28.6 Å². The highest BCUT2D eigenvalue weighted by atomic mass is 32.2. The summed E-state index contributed by atoms with van der Waals surface area (Å²) in [7, 11) is 0. The van der Waals surface area contributed by atoms with Gasteiger partial charge in [0.15, 0.2) is 5.82 Å². The minimum atomic E-state index is -0.319. The molecule has 1 aromatic carbocycles. The third-order valence-electron chi connectivity index (χ3n) is 7.12. The number of para-hydroxylation sites is 1. The Hall–Kier alpha value is -0.860. The molecule has 2 rings (SSSR count). The van der Waals surface area contributed by atoms with Crippen molar-refractivity contribution in [3.63, 3.8) is 0 Å². The zero-order valence-electron chi connectivity index (χ0n) is 27.0. The van der Waals surface area contributed by atoms with E-state index in [2.05, 4.69) is 83.0 Å². The molecule has 7 heteroatoms. The Kier molecular flexibility index (Phi) is 15.9. The van der Waals surface area contributed by atoms with E-state index in [1.54, 1.807) is 0 Å². The first-order valence-corrected chi connectivity index (χ1v) is 17.9. The lowest BCUT2D eigenvalue weighted by molar-refractivity contribution is -0.362. The normalized spacial score (nSPS) is 17.6. The number of hydroxylamine groups is 1. The fraction of sp³-hybridized carbons (Fsp3) is 0.758. The summed E-state index contributed by atoms with van der Waals surface area (Å²) in [5, 5.41) is 21.6. The molecule has 1 aromatic rings. The summed E-state index contributed by atoms with van der Waals surface area (Å²) >= 11 is 3.98. The van der Waals surface area contributed by atoms with Crippen molar-refractivity contribution in [3.05, 3.63) is 41.1 Å². The summed E-state index contributed by atoms with van der Waals surface area (Å²) in [5.74, 6) is 2.97. The van der Waals surface area contributed by atoms with E-state index in [0.717, 1.165) is 23.0 Å². The Morgan fingerprint density at radius 3 is 1.77 bits per heavy atom. The molecule has 0 radical (unpaired) electrons. The van der Waals surface area contributed by atoms with E-state index in [9.17, 15) is 5.21 Å². The molecule has 230 valence electrons. The third-order valence-corrected chi connectivity index (χ3v) is 9.76. The predicted octanol–water partition coefficient (Wildman–Crippen LogP) is 10.5. The van der Waals surface area contributed by atoms with Crippen molar-refractivity contribution in [2.24, 2.45) is 0 Å². The molecule has 1 aliphatic rings. The van der Waals surface area contributed by atoms with Crippen LogP contribution < -0.4 is 5.32 Å². The van der Waals surface area contributed by atoms with Gasteiger partial charge in [-0.1, -0.05) is 96.3 Å². The van der Waals surface area contributed by atoms with Crippen molar-refractivity contribution in [1.29, 1.82) is 0 Å². The maximum atomic E-state index is 11.9. The van der Waals surface area contributed by atoms with Crippen LogP contribution in [0.1, 0.15) is 132 Å². The van der Waals surface area contributed by atoms with E-state index in [1.165, 1.54) is 87.1 Å². The van der Waals surface area contributed by atoms with Crippen LogP contribution in [0.5, 0.6) is 0 Å². The van der Waals surface area contributed by atoms with Gasteiger partial charge in [-0.2, -0.15) is 10.2 Å². The highest BCUT2D eigenvalue weighted by molar-refractivity contribution is 8.06. The van der Waals surface area contributed by atoms with E-state index >= 15 is 0 Å². The van der Waals surface area contributed by atoms with Gasteiger partial charge >= 0.3 is 0 Å². The molecule has 0 saturated carbocycles. The molecule has 0 aliphatic carbocycles. The molecule has 1 unspecified atom stereocenters. The molecule has 5 nitrogen and oxygen atoms in total. The minimum Gasteiger partial charge on any atom is -0.338 e. The smallest absolute Gasteiger partial charge is 0.163 e.